The zero-order valence-corrected chi connectivity index (χ0v) is 9.39. The number of nitrogens with zero attached hydrogens (tertiary/aromatic N) is 1. The van der Waals surface area contributed by atoms with Gasteiger partial charge in [-0.3, -0.25) is 5.41 Å². The Kier molecular flexibility index (Phi) is 1.88. The van der Waals surface area contributed by atoms with Crippen LogP contribution in [0.15, 0.2) is 18.2 Å². The topological polar surface area (TPSA) is 27.1 Å². The van der Waals surface area contributed by atoms with E-state index in [-0.39, 0.29) is 5.82 Å². The number of rotatable bonds is 2. The fourth-order valence-corrected chi connectivity index (χ4v) is 2.33. The van der Waals surface area contributed by atoms with Crippen molar-refractivity contribution in [1.29, 1.82) is 5.41 Å². The molecule has 1 saturated carbocycles. The molecule has 1 fully saturated rings. The predicted octanol–water partition coefficient (Wildman–Crippen LogP) is 2.77. The van der Waals surface area contributed by atoms with Crippen LogP contribution in [0.1, 0.15) is 30.9 Å². The van der Waals surface area contributed by atoms with E-state index in [2.05, 4.69) is 11.8 Å². The molecule has 1 aromatic carbocycles. The molecule has 3 heteroatoms. The molecule has 2 aliphatic rings. The summed E-state index contributed by atoms with van der Waals surface area (Å²) in [5.41, 5.74) is 2.24. The Labute approximate surface area is 94.6 Å². The summed E-state index contributed by atoms with van der Waals surface area (Å²) in [7, 11) is 0. The summed E-state index contributed by atoms with van der Waals surface area (Å²) in [5.74, 6) is 0.241. The van der Waals surface area contributed by atoms with Crippen LogP contribution in [0.25, 0.3) is 0 Å². The van der Waals surface area contributed by atoms with Crippen LogP contribution >= 0.6 is 0 Å². The second-order valence-electron chi connectivity index (χ2n) is 5.32. The van der Waals surface area contributed by atoms with Gasteiger partial charge in [0.1, 0.15) is 11.7 Å². The summed E-state index contributed by atoms with van der Waals surface area (Å²) >= 11 is 0. The molecule has 16 heavy (non-hydrogen) atoms. The maximum Gasteiger partial charge on any atom is 0.128 e. The number of hydrogen-bond donors (Lipinski definition) is 1. The molecule has 1 aliphatic heterocycles. The summed E-state index contributed by atoms with van der Waals surface area (Å²) in [5, 5.41) is 8.05. The molecular formula is C13H15FN2. The third-order valence-corrected chi connectivity index (χ3v) is 3.68. The van der Waals surface area contributed by atoms with Gasteiger partial charge in [0.2, 0.25) is 0 Å². The van der Waals surface area contributed by atoms with Gasteiger partial charge in [0, 0.05) is 18.7 Å². The van der Waals surface area contributed by atoms with Gasteiger partial charge in [-0.15, -0.1) is 0 Å². The first-order valence-electron chi connectivity index (χ1n) is 5.70. The highest BCUT2D eigenvalue weighted by Gasteiger charge is 2.40. The van der Waals surface area contributed by atoms with Gasteiger partial charge in [-0.05, 0) is 36.0 Å². The Morgan fingerprint density at radius 1 is 1.44 bits per heavy atom. The molecule has 0 amide bonds. The van der Waals surface area contributed by atoms with Crippen LogP contribution in [-0.4, -0.2) is 17.3 Å². The number of fused-ring (bicyclic) bond motifs is 1. The molecule has 1 aromatic rings. The first-order chi connectivity index (χ1) is 7.57. The lowest BCUT2D eigenvalue weighted by molar-refractivity contribution is 0.342. The van der Waals surface area contributed by atoms with Crippen molar-refractivity contribution in [3.8, 4) is 0 Å². The van der Waals surface area contributed by atoms with E-state index in [1.165, 1.54) is 25.0 Å². The average molecular weight is 218 g/mol. The number of hydrogen-bond acceptors (Lipinski definition) is 1. The Morgan fingerprint density at radius 2 is 2.19 bits per heavy atom. The molecule has 1 heterocycles. The Bertz CT molecular complexity index is 463. The summed E-state index contributed by atoms with van der Waals surface area (Å²) < 4.78 is 13.1. The highest BCUT2D eigenvalue weighted by Crippen LogP contribution is 2.46. The van der Waals surface area contributed by atoms with Crippen LogP contribution in [-0.2, 0) is 6.54 Å². The van der Waals surface area contributed by atoms with Crippen molar-refractivity contribution in [3.63, 3.8) is 0 Å². The zero-order chi connectivity index (χ0) is 11.3. The van der Waals surface area contributed by atoms with Crippen molar-refractivity contribution >= 4 is 5.84 Å². The highest BCUT2D eigenvalue weighted by atomic mass is 19.1. The minimum Gasteiger partial charge on any atom is -0.352 e. The number of benzene rings is 1. The van der Waals surface area contributed by atoms with Crippen molar-refractivity contribution in [1.82, 2.24) is 4.90 Å². The van der Waals surface area contributed by atoms with Gasteiger partial charge < -0.3 is 4.90 Å². The molecule has 0 atom stereocenters. The normalized spacial score (nSPS) is 21.1. The van der Waals surface area contributed by atoms with Crippen LogP contribution < -0.4 is 0 Å². The summed E-state index contributed by atoms with van der Waals surface area (Å²) in [6.07, 6.45) is 2.50. The van der Waals surface area contributed by atoms with Crippen molar-refractivity contribution in [2.75, 3.05) is 6.54 Å². The average Bonchev–Trinajstić information content (AvgIpc) is 2.89. The zero-order valence-electron chi connectivity index (χ0n) is 9.39. The first-order valence-corrected chi connectivity index (χ1v) is 5.70. The van der Waals surface area contributed by atoms with Crippen LogP contribution in [0, 0.1) is 16.6 Å². The summed E-state index contributed by atoms with van der Waals surface area (Å²) in [6, 6.07) is 4.76. The molecule has 1 aliphatic carbocycles. The predicted molar refractivity (Wildman–Crippen MR) is 61.0 cm³/mol. The minimum atomic E-state index is -0.247. The maximum absolute atomic E-state index is 13.1. The van der Waals surface area contributed by atoms with Crippen LogP contribution in [0.3, 0.4) is 0 Å². The molecule has 0 spiro atoms. The maximum atomic E-state index is 13.1. The van der Waals surface area contributed by atoms with E-state index < -0.39 is 0 Å². The molecule has 3 rings (SSSR count). The van der Waals surface area contributed by atoms with Crippen molar-refractivity contribution in [2.45, 2.75) is 26.3 Å². The monoisotopic (exact) mass is 218 g/mol. The fourth-order valence-electron chi connectivity index (χ4n) is 2.33. The largest absolute Gasteiger partial charge is 0.352 e. The van der Waals surface area contributed by atoms with Gasteiger partial charge in [0.25, 0.3) is 0 Å². The molecule has 0 unspecified atom stereocenters. The number of nitrogens with one attached hydrogen (secondary N) is 1. The van der Waals surface area contributed by atoms with Crippen LogP contribution in [0.4, 0.5) is 4.39 Å². The van der Waals surface area contributed by atoms with Crippen LogP contribution in [0.2, 0.25) is 0 Å². The Hall–Kier alpha value is -1.38. The molecule has 0 aromatic heterocycles. The van der Waals surface area contributed by atoms with E-state index in [0.29, 0.717) is 11.3 Å². The van der Waals surface area contributed by atoms with E-state index in [1.54, 1.807) is 6.07 Å². The van der Waals surface area contributed by atoms with Gasteiger partial charge in [-0.1, -0.05) is 13.0 Å². The standard InChI is InChI=1S/C13H15FN2/c1-13(4-5-13)8-16-7-9-2-3-10(14)6-11(9)12(16)15/h2-3,6,15H,4-5,7-8H2,1H3. The van der Waals surface area contributed by atoms with E-state index in [0.717, 1.165) is 24.2 Å². The second-order valence-corrected chi connectivity index (χ2v) is 5.32. The fraction of sp³-hybridized carbons (Fsp3) is 0.462. The molecule has 1 N–H and O–H groups in total. The van der Waals surface area contributed by atoms with Gasteiger partial charge >= 0.3 is 0 Å². The summed E-state index contributed by atoms with van der Waals surface area (Å²) in [4.78, 5) is 2.07. The SMILES string of the molecule is CC1(CN2Cc3ccc(F)cc3C2=N)CC1. The smallest absolute Gasteiger partial charge is 0.128 e. The molecular weight excluding hydrogens is 203 g/mol. The molecule has 0 saturated heterocycles. The lowest BCUT2D eigenvalue weighted by atomic mass is 10.1. The lowest BCUT2D eigenvalue weighted by Crippen LogP contribution is -2.29. The number of amidine groups is 1. The molecule has 0 radical (unpaired) electrons. The first kappa shape index (κ1) is 9.82. The third-order valence-electron chi connectivity index (χ3n) is 3.68. The molecule has 2 nitrogen and oxygen atoms in total. The van der Waals surface area contributed by atoms with Gasteiger partial charge in [0.15, 0.2) is 0 Å². The van der Waals surface area contributed by atoms with E-state index in [9.17, 15) is 4.39 Å². The third kappa shape index (κ3) is 1.51. The van der Waals surface area contributed by atoms with Gasteiger partial charge in [0.05, 0.1) is 0 Å². The van der Waals surface area contributed by atoms with E-state index in [4.69, 9.17) is 5.41 Å². The van der Waals surface area contributed by atoms with Crippen molar-refractivity contribution in [3.05, 3.63) is 35.1 Å². The van der Waals surface area contributed by atoms with E-state index in [1.807, 2.05) is 0 Å². The van der Waals surface area contributed by atoms with E-state index >= 15 is 0 Å². The summed E-state index contributed by atoms with van der Waals surface area (Å²) in [6.45, 7) is 3.95. The quantitative estimate of drug-likeness (QED) is 0.812. The second kappa shape index (κ2) is 3.06. The van der Waals surface area contributed by atoms with Crippen LogP contribution in [0.5, 0.6) is 0 Å². The lowest BCUT2D eigenvalue weighted by Gasteiger charge is -2.21. The Balaban J connectivity index is 1.86. The Morgan fingerprint density at radius 3 is 2.88 bits per heavy atom. The van der Waals surface area contributed by atoms with Gasteiger partial charge in [-0.2, -0.15) is 0 Å². The highest BCUT2D eigenvalue weighted by molar-refractivity contribution is 6.00. The molecule has 84 valence electrons. The number of halogens is 1. The van der Waals surface area contributed by atoms with Crippen molar-refractivity contribution < 1.29 is 4.39 Å². The molecule has 0 bridgehead atoms. The van der Waals surface area contributed by atoms with Crippen molar-refractivity contribution in [2.24, 2.45) is 5.41 Å². The van der Waals surface area contributed by atoms with Gasteiger partial charge in [-0.25, -0.2) is 4.39 Å². The minimum absolute atomic E-state index is 0.247.